The molecule has 3 rings (SSSR count). The van der Waals surface area contributed by atoms with Gasteiger partial charge in [-0.3, -0.25) is 4.79 Å². The lowest BCUT2D eigenvalue weighted by molar-refractivity contribution is -0.127. The molecule has 0 aromatic rings. The third-order valence-corrected chi connectivity index (χ3v) is 7.77. The van der Waals surface area contributed by atoms with Crippen molar-refractivity contribution in [1.29, 1.82) is 0 Å². The molecule has 3 fully saturated rings. The molecule has 6 nitrogen and oxygen atoms in total. The summed E-state index contributed by atoms with van der Waals surface area (Å²) >= 11 is 0. The molecule has 1 aliphatic carbocycles. The smallest absolute Gasteiger partial charge is 0.223 e. The van der Waals surface area contributed by atoms with Crippen LogP contribution in [0.3, 0.4) is 0 Å². The Morgan fingerprint density at radius 2 is 2.11 bits per heavy atom. The molecule has 2 heterocycles. The van der Waals surface area contributed by atoms with Crippen LogP contribution in [0.5, 0.6) is 0 Å². The molecule has 3 N–H and O–H groups in total. The Morgan fingerprint density at radius 1 is 1.37 bits per heavy atom. The van der Waals surface area contributed by atoms with Gasteiger partial charge in [0.2, 0.25) is 5.91 Å². The number of carbonyl (C=O) groups excluding carboxylic acids is 1. The molecule has 1 amide bonds. The van der Waals surface area contributed by atoms with Crippen molar-refractivity contribution >= 4 is 15.7 Å². The first-order chi connectivity index (χ1) is 8.95. The second-order valence-electron chi connectivity index (χ2n) is 5.99. The standard InChI is InChI=1S/C12H19NO5S/c14-5-7(15)2-8-3-9-10-1-6(4-13-12(10)16)11(9)19(8,17)18/h6-11,14-15H,1-5H2,(H,13,16)/t6-,7?,8-,9?,10-,11?/m0/s1. The molecule has 0 aromatic carbocycles. The Balaban J connectivity index is 1.86. The first kappa shape index (κ1) is 13.3. The van der Waals surface area contributed by atoms with E-state index in [1.807, 2.05) is 0 Å². The fraction of sp³-hybridized carbons (Fsp3) is 0.917. The number of fused-ring (bicyclic) bond motifs is 5. The van der Waals surface area contributed by atoms with Crippen LogP contribution < -0.4 is 5.32 Å². The maximum absolute atomic E-state index is 12.5. The lowest BCUT2D eigenvalue weighted by Crippen LogP contribution is -2.40. The minimum absolute atomic E-state index is 0.0222. The summed E-state index contributed by atoms with van der Waals surface area (Å²) in [6.45, 7) is 0.0275. The molecule has 0 spiro atoms. The molecule has 19 heavy (non-hydrogen) atoms. The normalized spacial score (nSPS) is 44.7. The van der Waals surface area contributed by atoms with Crippen LogP contribution in [0.2, 0.25) is 0 Å². The summed E-state index contributed by atoms with van der Waals surface area (Å²) in [6, 6.07) is 0. The number of aliphatic hydroxyl groups excluding tert-OH is 2. The molecule has 3 unspecified atom stereocenters. The third-order valence-electron chi connectivity index (χ3n) is 4.96. The lowest BCUT2D eigenvalue weighted by atomic mass is 9.90. The van der Waals surface area contributed by atoms with Gasteiger partial charge in [-0.05, 0) is 31.1 Å². The van der Waals surface area contributed by atoms with E-state index in [2.05, 4.69) is 5.32 Å². The van der Waals surface area contributed by atoms with E-state index >= 15 is 0 Å². The van der Waals surface area contributed by atoms with Crippen LogP contribution in [0.4, 0.5) is 0 Å². The van der Waals surface area contributed by atoms with E-state index in [1.54, 1.807) is 0 Å². The van der Waals surface area contributed by atoms with Gasteiger partial charge in [-0.2, -0.15) is 0 Å². The average Bonchev–Trinajstić information content (AvgIpc) is 2.80. The summed E-state index contributed by atoms with van der Waals surface area (Å²) in [7, 11) is -3.31. The third kappa shape index (κ3) is 1.90. The fourth-order valence-corrected chi connectivity index (χ4v) is 7.11. The van der Waals surface area contributed by atoms with Gasteiger partial charge in [-0.15, -0.1) is 0 Å². The van der Waals surface area contributed by atoms with Gasteiger partial charge in [-0.1, -0.05) is 0 Å². The summed E-state index contributed by atoms with van der Waals surface area (Å²) < 4.78 is 25.1. The van der Waals surface area contributed by atoms with Crippen molar-refractivity contribution in [1.82, 2.24) is 5.32 Å². The predicted octanol–water partition coefficient (Wildman–Crippen LogP) is -1.33. The van der Waals surface area contributed by atoms with Crippen LogP contribution in [-0.4, -0.2) is 54.3 Å². The number of rotatable bonds is 3. The highest BCUT2D eigenvalue weighted by molar-refractivity contribution is 7.93. The molecule has 3 aliphatic rings. The predicted molar refractivity (Wildman–Crippen MR) is 66.9 cm³/mol. The molecule has 0 radical (unpaired) electrons. The molecule has 6 atom stereocenters. The number of hydrogen-bond donors (Lipinski definition) is 3. The Kier molecular flexibility index (Phi) is 3.11. The number of piperidine rings is 1. The van der Waals surface area contributed by atoms with Gasteiger partial charge >= 0.3 is 0 Å². The molecule has 2 saturated heterocycles. The van der Waals surface area contributed by atoms with E-state index in [9.17, 15) is 18.3 Å². The van der Waals surface area contributed by atoms with Crippen molar-refractivity contribution in [2.75, 3.05) is 13.2 Å². The van der Waals surface area contributed by atoms with Crippen LogP contribution in [0.15, 0.2) is 0 Å². The monoisotopic (exact) mass is 289 g/mol. The maximum Gasteiger partial charge on any atom is 0.223 e. The Morgan fingerprint density at radius 3 is 2.79 bits per heavy atom. The largest absolute Gasteiger partial charge is 0.394 e. The van der Waals surface area contributed by atoms with Gasteiger partial charge in [0, 0.05) is 12.5 Å². The average molecular weight is 289 g/mol. The summed E-state index contributed by atoms with van der Waals surface area (Å²) in [6.07, 6.45) is 0.202. The highest BCUT2D eigenvalue weighted by Crippen LogP contribution is 2.52. The lowest BCUT2D eigenvalue weighted by Gasteiger charge is -2.24. The van der Waals surface area contributed by atoms with E-state index in [1.165, 1.54) is 0 Å². The fourth-order valence-electron chi connectivity index (χ4n) is 4.16. The first-order valence-electron chi connectivity index (χ1n) is 6.74. The summed E-state index contributed by atoms with van der Waals surface area (Å²) in [5, 5.41) is 20.1. The zero-order valence-corrected chi connectivity index (χ0v) is 11.3. The van der Waals surface area contributed by atoms with Crippen LogP contribution >= 0.6 is 0 Å². The Labute approximate surface area is 112 Å². The zero-order valence-electron chi connectivity index (χ0n) is 10.5. The SMILES string of the molecule is O=C1NC[C@@H]2C[C@H]1C1C[C@H](CC(O)CO)S(=O)(=O)C12. The summed E-state index contributed by atoms with van der Waals surface area (Å²) in [5.74, 6) is -0.292. The van der Waals surface area contributed by atoms with Gasteiger partial charge in [0.1, 0.15) is 0 Å². The molecule has 0 aromatic heterocycles. The van der Waals surface area contributed by atoms with E-state index < -0.39 is 33.0 Å². The van der Waals surface area contributed by atoms with Crippen molar-refractivity contribution in [3.63, 3.8) is 0 Å². The number of amides is 1. The molecule has 2 bridgehead atoms. The van der Waals surface area contributed by atoms with Crippen molar-refractivity contribution in [2.24, 2.45) is 17.8 Å². The summed E-state index contributed by atoms with van der Waals surface area (Å²) in [4.78, 5) is 11.8. The number of nitrogens with one attached hydrogen (secondary N) is 1. The van der Waals surface area contributed by atoms with E-state index in [0.717, 1.165) is 0 Å². The van der Waals surface area contributed by atoms with Gasteiger partial charge < -0.3 is 15.5 Å². The molecule has 1 saturated carbocycles. The van der Waals surface area contributed by atoms with Crippen LogP contribution in [0.25, 0.3) is 0 Å². The first-order valence-corrected chi connectivity index (χ1v) is 8.35. The minimum atomic E-state index is -3.31. The van der Waals surface area contributed by atoms with Gasteiger partial charge in [0.05, 0.1) is 23.2 Å². The highest BCUT2D eigenvalue weighted by Gasteiger charge is 2.60. The van der Waals surface area contributed by atoms with Gasteiger partial charge in [0.15, 0.2) is 9.84 Å². The number of aliphatic hydroxyl groups is 2. The maximum atomic E-state index is 12.5. The molecular formula is C12H19NO5S. The molecular weight excluding hydrogens is 270 g/mol. The van der Waals surface area contributed by atoms with Crippen molar-refractivity contribution in [3.05, 3.63) is 0 Å². The molecule has 108 valence electrons. The quantitative estimate of drug-likeness (QED) is 0.597. The second-order valence-corrected chi connectivity index (χ2v) is 8.38. The highest BCUT2D eigenvalue weighted by atomic mass is 32.2. The number of hydrogen-bond acceptors (Lipinski definition) is 5. The number of sulfone groups is 1. The second kappa shape index (κ2) is 4.43. The Bertz CT molecular complexity index is 490. The summed E-state index contributed by atoms with van der Waals surface area (Å²) in [5.41, 5.74) is 0. The van der Waals surface area contributed by atoms with Crippen molar-refractivity contribution in [2.45, 2.75) is 35.9 Å². The van der Waals surface area contributed by atoms with Crippen LogP contribution in [0.1, 0.15) is 19.3 Å². The van der Waals surface area contributed by atoms with Gasteiger partial charge in [0.25, 0.3) is 0 Å². The van der Waals surface area contributed by atoms with E-state index in [4.69, 9.17) is 5.11 Å². The Hall–Kier alpha value is -0.660. The van der Waals surface area contributed by atoms with Crippen LogP contribution in [-0.2, 0) is 14.6 Å². The van der Waals surface area contributed by atoms with Crippen molar-refractivity contribution in [3.8, 4) is 0 Å². The van der Waals surface area contributed by atoms with Crippen LogP contribution in [0, 0.1) is 17.8 Å². The topological polar surface area (TPSA) is 104 Å². The van der Waals surface area contributed by atoms with Gasteiger partial charge in [-0.25, -0.2) is 8.42 Å². The minimum Gasteiger partial charge on any atom is -0.394 e. The van der Waals surface area contributed by atoms with E-state index in [-0.39, 0.29) is 30.1 Å². The number of carbonyl (C=O) groups is 1. The molecule has 7 heteroatoms. The van der Waals surface area contributed by atoms with Crippen molar-refractivity contribution < 1.29 is 23.4 Å². The van der Waals surface area contributed by atoms with E-state index in [0.29, 0.717) is 19.4 Å². The molecule has 2 aliphatic heterocycles. The zero-order chi connectivity index (χ0) is 13.8.